The van der Waals surface area contributed by atoms with E-state index in [1.165, 1.54) is 0 Å². The molecule has 0 rings (SSSR count). The van der Waals surface area contributed by atoms with E-state index in [0.29, 0.717) is 6.54 Å². The minimum absolute atomic E-state index is 0. The van der Waals surface area contributed by atoms with Gasteiger partial charge >= 0.3 is 0 Å². The zero-order valence-electron chi connectivity index (χ0n) is 4.96. The first-order chi connectivity index (χ1) is 3.81. The predicted molar refractivity (Wildman–Crippen MR) is 37.5 cm³/mol. The molecular formula is C5H10ClNO2. The molecule has 0 aromatic heterocycles. The molecule has 0 aliphatic heterocycles. The van der Waals surface area contributed by atoms with Crippen molar-refractivity contribution in [3.8, 4) is 0 Å². The maximum Gasteiger partial charge on any atom is 0.243 e. The molecule has 0 aromatic carbocycles. The summed E-state index contributed by atoms with van der Waals surface area (Å²) in [6.07, 6.45) is 1.16. The second-order valence-electron chi connectivity index (χ2n) is 1.22. The van der Waals surface area contributed by atoms with Crippen LogP contribution in [0.1, 0.15) is 0 Å². The molecule has 0 saturated carbocycles. The third-order valence-corrected chi connectivity index (χ3v) is 0.596. The van der Waals surface area contributed by atoms with Crippen molar-refractivity contribution in [2.75, 3.05) is 13.2 Å². The van der Waals surface area contributed by atoms with E-state index in [9.17, 15) is 4.79 Å². The van der Waals surface area contributed by atoms with Crippen molar-refractivity contribution in [3.05, 3.63) is 12.7 Å². The molecule has 3 nitrogen and oxygen atoms in total. The molecule has 4 heteroatoms. The molecule has 0 aliphatic rings. The van der Waals surface area contributed by atoms with E-state index in [4.69, 9.17) is 5.11 Å². The Hall–Kier alpha value is -0.540. The summed E-state index contributed by atoms with van der Waals surface area (Å²) in [6, 6.07) is 0. The van der Waals surface area contributed by atoms with Gasteiger partial charge < -0.3 is 10.4 Å². The molecule has 54 valence electrons. The van der Waals surface area contributed by atoms with Crippen LogP contribution in [0.2, 0.25) is 0 Å². The van der Waals surface area contributed by atoms with E-state index in [1.54, 1.807) is 0 Å². The van der Waals surface area contributed by atoms with Crippen molar-refractivity contribution in [2.45, 2.75) is 0 Å². The highest BCUT2D eigenvalue weighted by atomic mass is 35.5. The first-order valence-electron chi connectivity index (χ1n) is 2.32. The Morgan fingerprint density at radius 1 is 1.78 bits per heavy atom. The van der Waals surface area contributed by atoms with Crippen LogP contribution in [-0.2, 0) is 4.79 Å². The van der Waals surface area contributed by atoms with Crippen LogP contribution in [0.3, 0.4) is 0 Å². The van der Waals surface area contributed by atoms with Gasteiger partial charge in [-0.05, 0) is 6.08 Å². The summed E-state index contributed by atoms with van der Waals surface area (Å²) in [5.74, 6) is -0.251. The fourth-order valence-electron chi connectivity index (χ4n) is 0.251. The maximum absolute atomic E-state index is 10.2. The van der Waals surface area contributed by atoms with Crippen molar-refractivity contribution in [1.29, 1.82) is 0 Å². The first kappa shape index (κ1) is 11.3. The van der Waals surface area contributed by atoms with Crippen molar-refractivity contribution in [1.82, 2.24) is 5.32 Å². The zero-order chi connectivity index (χ0) is 6.41. The summed E-state index contributed by atoms with van der Waals surface area (Å²) in [6.45, 7) is 3.49. The molecule has 0 heterocycles. The van der Waals surface area contributed by atoms with Crippen LogP contribution in [0, 0.1) is 0 Å². The van der Waals surface area contributed by atoms with Gasteiger partial charge in [-0.2, -0.15) is 0 Å². The Balaban J connectivity index is 0. The van der Waals surface area contributed by atoms with Crippen molar-refractivity contribution in [3.63, 3.8) is 0 Å². The summed E-state index contributed by atoms with van der Waals surface area (Å²) < 4.78 is 0. The molecule has 0 aromatic rings. The van der Waals surface area contributed by atoms with E-state index in [1.807, 2.05) is 0 Å². The molecule has 0 unspecified atom stereocenters. The lowest BCUT2D eigenvalue weighted by Crippen LogP contribution is -2.23. The molecule has 0 radical (unpaired) electrons. The highest BCUT2D eigenvalue weighted by Gasteiger charge is 1.87. The van der Waals surface area contributed by atoms with E-state index in [-0.39, 0.29) is 24.9 Å². The molecule has 1 amide bonds. The smallest absolute Gasteiger partial charge is 0.243 e. The van der Waals surface area contributed by atoms with Gasteiger partial charge in [0.15, 0.2) is 0 Å². The number of hydrogen-bond acceptors (Lipinski definition) is 2. The topological polar surface area (TPSA) is 49.3 Å². The summed E-state index contributed by atoms with van der Waals surface area (Å²) in [4.78, 5) is 10.2. The van der Waals surface area contributed by atoms with Gasteiger partial charge in [0.05, 0.1) is 6.61 Å². The molecule has 0 spiro atoms. The largest absolute Gasteiger partial charge is 0.395 e. The average Bonchev–Trinajstić information content (AvgIpc) is 1.83. The monoisotopic (exact) mass is 151 g/mol. The number of aliphatic hydroxyl groups is 1. The van der Waals surface area contributed by atoms with Crippen molar-refractivity contribution in [2.24, 2.45) is 0 Å². The average molecular weight is 152 g/mol. The van der Waals surface area contributed by atoms with Gasteiger partial charge in [-0.15, -0.1) is 12.4 Å². The zero-order valence-corrected chi connectivity index (χ0v) is 5.78. The molecule has 0 bridgehead atoms. The number of carbonyl (C=O) groups excluding carboxylic acids is 1. The lowest BCUT2D eigenvalue weighted by molar-refractivity contribution is -0.116. The van der Waals surface area contributed by atoms with E-state index < -0.39 is 0 Å². The number of halogens is 1. The number of aliphatic hydroxyl groups excluding tert-OH is 1. The SMILES string of the molecule is C=CC(=O)NCCO.Cl. The van der Waals surface area contributed by atoms with Crippen LogP contribution >= 0.6 is 12.4 Å². The van der Waals surface area contributed by atoms with E-state index in [2.05, 4.69) is 11.9 Å². The molecular weight excluding hydrogens is 142 g/mol. The second kappa shape index (κ2) is 7.46. The molecule has 2 N–H and O–H groups in total. The van der Waals surface area contributed by atoms with Gasteiger partial charge in [-0.25, -0.2) is 0 Å². The number of rotatable bonds is 3. The summed E-state index contributed by atoms with van der Waals surface area (Å²) in [5.41, 5.74) is 0. The molecule has 0 aliphatic carbocycles. The van der Waals surface area contributed by atoms with Crippen molar-refractivity contribution < 1.29 is 9.90 Å². The van der Waals surface area contributed by atoms with Crippen LogP contribution in [0.15, 0.2) is 12.7 Å². The van der Waals surface area contributed by atoms with Gasteiger partial charge in [0.25, 0.3) is 0 Å². The van der Waals surface area contributed by atoms with E-state index >= 15 is 0 Å². The lowest BCUT2D eigenvalue weighted by Gasteiger charge is -1.94. The van der Waals surface area contributed by atoms with Crippen LogP contribution < -0.4 is 5.32 Å². The van der Waals surface area contributed by atoms with Crippen LogP contribution in [0.25, 0.3) is 0 Å². The minimum Gasteiger partial charge on any atom is -0.395 e. The summed E-state index contributed by atoms with van der Waals surface area (Å²) in [5, 5.41) is 10.5. The van der Waals surface area contributed by atoms with Gasteiger partial charge in [0.1, 0.15) is 0 Å². The minimum atomic E-state index is -0.251. The molecule has 0 fully saturated rings. The van der Waals surface area contributed by atoms with Gasteiger partial charge in [-0.3, -0.25) is 4.79 Å². The van der Waals surface area contributed by atoms with Crippen LogP contribution in [-0.4, -0.2) is 24.2 Å². The normalized spacial score (nSPS) is 7.22. The Morgan fingerprint density at radius 2 is 2.33 bits per heavy atom. The molecule has 9 heavy (non-hydrogen) atoms. The van der Waals surface area contributed by atoms with E-state index in [0.717, 1.165) is 6.08 Å². The van der Waals surface area contributed by atoms with Gasteiger partial charge in [0, 0.05) is 6.54 Å². The second-order valence-corrected chi connectivity index (χ2v) is 1.22. The fourth-order valence-corrected chi connectivity index (χ4v) is 0.251. The summed E-state index contributed by atoms with van der Waals surface area (Å²) >= 11 is 0. The number of nitrogens with one attached hydrogen (secondary N) is 1. The summed E-state index contributed by atoms with van der Waals surface area (Å²) in [7, 11) is 0. The highest BCUT2D eigenvalue weighted by molar-refractivity contribution is 5.86. The third-order valence-electron chi connectivity index (χ3n) is 0.596. The quantitative estimate of drug-likeness (QED) is 0.545. The van der Waals surface area contributed by atoms with Crippen molar-refractivity contribution >= 4 is 18.3 Å². The highest BCUT2D eigenvalue weighted by Crippen LogP contribution is 1.62. The first-order valence-corrected chi connectivity index (χ1v) is 2.32. The Labute approximate surface area is 60.2 Å². The van der Waals surface area contributed by atoms with Crippen LogP contribution in [0.5, 0.6) is 0 Å². The number of hydrogen-bond donors (Lipinski definition) is 2. The third kappa shape index (κ3) is 7.46. The van der Waals surface area contributed by atoms with Gasteiger partial charge in [0.2, 0.25) is 5.91 Å². The number of amides is 1. The fraction of sp³-hybridized carbons (Fsp3) is 0.400. The Bertz CT molecular complexity index is 95.0. The lowest BCUT2D eigenvalue weighted by atomic mass is 10.5. The maximum atomic E-state index is 10.2. The Morgan fingerprint density at radius 3 is 2.67 bits per heavy atom. The predicted octanol–water partition coefficient (Wildman–Crippen LogP) is -0.297. The standard InChI is InChI=1S/C5H9NO2.ClH/c1-2-5(8)6-3-4-7;/h2,7H,1,3-4H2,(H,6,8);1H. The molecule has 0 atom stereocenters. The Kier molecular flexibility index (Phi) is 9.35. The molecule has 0 saturated heterocycles. The van der Waals surface area contributed by atoms with Crippen LogP contribution in [0.4, 0.5) is 0 Å². The van der Waals surface area contributed by atoms with Gasteiger partial charge in [-0.1, -0.05) is 6.58 Å². The number of carbonyl (C=O) groups is 1.